The molecule has 0 heterocycles. The molecule has 0 aliphatic heterocycles. The Balaban J connectivity index is 1.88. The molecule has 19 heavy (non-hydrogen) atoms. The summed E-state index contributed by atoms with van der Waals surface area (Å²) >= 11 is 4.92. The van der Waals surface area contributed by atoms with Crippen molar-refractivity contribution in [3.63, 3.8) is 0 Å². The van der Waals surface area contributed by atoms with Gasteiger partial charge in [-0.05, 0) is 53.7 Å². The fraction of sp³-hybridized carbons (Fsp3) is 0.429. The maximum atomic E-state index is 11.9. The lowest BCUT2D eigenvalue weighted by Gasteiger charge is -2.22. The van der Waals surface area contributed by atoms with Crippen LogP contribution in [0.5, 0.6) is 0 Å². The second kappa shape index (κ2) is 5.98. The molecule has 0 aromatic heterocycles. The molecule has 0 spiro atoms. The van der Waals surface area contributed by atoms with E-state index in [4.69, 9.17) is 0 Å². The summed E-state index contributed by atoms with van der Waals surface area (Å²) in [6.07, 6.45) is 2.06. The topological polar surface area (TPSA) is 52.9 Å². The van der Waals surface area contributed by atoms with Gasteiger partial charge in [0.2, 0.25) is 5.91 Å². The van der Waals surface area contributed by atoms with Crippen LogP contribution >= 0.6 is 27.7 Å². The Morgan fingerprint density at radius 2 is 2.26 bits per heavy atom. The summed E-state index contributed by atoms with van der Waals surface area (Å²) in [5.74, 6) is 0.554. The number of thioether (sulfide) groups is 1. The van der Waals surface area contributed by atoms with Crippen LogP contribution < -0.4 is 5.32 Å². The predicted molar refractivity (Wildman–Crippen MR) is 79.8 cm³/mol. The summed E-state index contributed by atoms with van der Waals surface area (Å²) < 4.78 is 0.984. The van der Waals surface area contributed by atoms with Crippen molar-refractivity contribution in [1.82, 2.24) is 5.32 Å². The van der Waals surface area contributed by atoms with Gasteiger partial charge in [0.15, 0.2) is 0 Å². The van der Waals surface area contributed by atoms with Crippen LogP contribution in [-0.4, -0.2) is 17.2 Å². The van der Waals surface area contributed by atoms with Crippen molar-refractivity contribution in [3.8, 4) is 6.07 Å². The first-order valence-corrected chi connectivity index (χ1v) is 7.92. The van der Waals surface area contributed by atoms with Crippen molar-refractivity contribution in [3.05, 3.63) is 28.7 Å². The number of hydrogen-bond acceptors (Lipinski definition) is 3. The third kappa shape index (κ3) is 3.74. The third-order valence-corrected chi connectivity index (χ3v) is 5.25. The van der Waals surface area contributed by atoms with Crippen molar-refractivity contribution in [1.29, 1.82) is 5.26 Å². The average molecular weight is 339 g/mol. The number of halogens is 1. The number of nitrogens with zero attached hydrogens (tertiary/aromatic N) is 1. The maximum absolute atomic E-state index is 11.9. The van der Waals surface area contributed by atoms with Gasteiger partial charge in [0.1, 0.15) is 5.54 Å². The monoisotopic (exact) mass is 338 g/mol. The van der Waals surface area contributed by atoms with E-state index in [1.54, 1.807) is 0 Å². The van der Waals surface area contributed by atoms with E-state index in [9.17, 15) is 10.1 Å². The smallest absolute Gasteiger partial charge is 0.231 e. The first-order valence-electron chi connectivity index (χ1n) is 6.15. The molecule has 2 rings (SSSR count). The van der Waals surface area contributed by atoms with Gasteiger partial charge in [-0.3, -0.25) is 4.79 Å². The molecule has 0 radical (unpaired) electrons. The summed E-state index contributed by atoms with van der Waals surface area (Å²) in [5.41, 5.74) is -0.703. The highest BCUT2D eigenvalue weighted by Crippen LogP contribution is 2.39. The van der Waals surface area contributed by atoms with Gasteiger partial charge in [0, 0.05) is 9.37 Å². The SMILES string of the molecule is CC(C#N)(NC(=O)CSc1ccccc1Br)C1CC1. The normalized spacial score (nSPS) is 17.3. The molecule has 0 saturated heterocycles. The van der Waals surface area contributed by atoms with Gasteiger partial charge in [0.25, 0.3) is 0 Å². The quantitative estimate of drug-likeness (QED) is 0.837. The number of nitrogens with one attached hydrogen (secondary N) is 1. The second-order valence-electron chi connectivity index (χ2n) is 4.86. The Kier molecular flexibility index (Phi) is 4.54. The van der Waals surface area contributed by atoms with Crippen LogP contribution in [0.25, 0.3) is 0 Å². The van der Waals surface area contributed by atoms with Crippen LogP contribution in [0.15, 0.2) is 33.6 Å². The van der Waals surface area contributed by atoms with Gasteiger partial charge in [0.05, 0.1) is 11.8 Å². The highest BCUT2D eigenvalue weighted by molar-refractivity contribution is 9.10. The first-order chi connectivity index (χ1) is 9.05. The Labute approximate surface area is 125 Å². The molecule has 1 aromatic carbocycles. The van der Waals surface area contributed by atoms with E-state index in [-0.39, 0.29) is 5.91 Å². The zero-order chi connectivity index (χ0) is 13.9. The number of carbonyl (C=O) groups is 1. The minimum absolute atomic E-state index is 0.0864. The molecule has 1 aromatic rings. The van der Waals surface area contributed by atoms with Gasteiger partial charge < -0.3 is 5.32 Å². The Morgan fingerprint density at radius 3 is 2.84 bits per heavy atom. The average Bonchev–Trinajstić information content (AvgIpc) is 3.22. The molecule has 100 valence electrons. The highest BCUT2D eigenvalue weighted by Gasteiger charge is 2.42. The summed E-state index contributed by atoms with van der Waals surface area (Å²) in [4.78, 5) is 13.0. The Hall–Kier alpha value is -0.990. The molecule has 1 amide bonds. The van der Waals surface area contributed by atoms with Crippen LogP contribution in [-0.2, 0) is 4.79 Å². The van der Waals surface area contributed by atoms with Gasteiger partial charge in [-0.2, -0.15) is 5.26 Å². The summed E-state index contributed by atoms with van der Waals surface area (Å²) in [5, 5.41) is 12.1. The maximum Gasteiger partial charge on any atom is 0.231 e. The summed E-state index contributed by atoms with van der Waals surface area (Å²) in [6.45, 7) is 1.81. The van der Waals surface area contributed by atoms with Crippen LogP contribution in [0, 0.1) is 17.2 Å². The zero-order valence-electron chi connectivity index (χ0n) is 10.6. The zero-order valence-corrected chi connectivity index (χ0v) is 13.1. The lowest BCUT2D eigenvalue weighted by Crippen LogP contribution is -2.47. The van der Waals surface area contributed by atoms with Crippen LogP contribution in [0.2, 0.25) is 0 Å². The number of rotatable bonds is 5. The lowest BCUT2D eigenvalue weighted by molar-refractivity contribution is -0.119. The van der Waals surface area contributed by atoms with Crippen LogP contribution in [0.4, 0.5) is 0 Å². The molecule has 1 N–H and O–H groups in total. The highest BCUT2D eigenvalue weighted by atomic mass is 79.9. The number of amides is 1. The van der Waals surface area contributed by atoms with Crippen molar-refractivity contribution in [2.45, 2.75) is 30.2 Å². The van der Waals surface area contributed by atoms with E-state index >= 15 is 0 Å². The van der Waals surface area contributed by atoms with Gasteiger partial charge in [-0.25, -0.2) is 0 Å². The fourth-order valence-electron chi connectivity index (χ4n) is 1.91. The number of benzene rings is 1. The van der Waals surface area contributed by atoms with Crippen molar-refractivity contribution in [2.75, 3.05) is 5.75 Å². The Bertz CT molecular complexity index is 524. The predicted octanol–water partition coefficient (Wildman–Crippen LogP) is 3.35. The second-order valence-corrected chi connectivity index (χ2v) is 6.73. The number of nitriles is 1. The molecule has 1 fully saturated rings. The minimum atomic E-state index is -0.703. The molecule has 1 aliphatic carbocycles. The van der Waals surface area contributed by atoms with E-state index in [1.807, 2.05) is 31.2 Å². The van der Waals surface area contributed by atoms with E-state index in [2.05, 4.69) is 27.3 Å². The van der Waals surface area contributed by atoms with E-state index in [0.717, 1.165) is 22.2 Å². The molecular weight excluding hydrogens is 324 g/mol. The van der Waals surface area contributed by atoms with E-state index in [0.29, 0.717) is 11.7 Å². The minimum Gasteiger partial charge on any atom is -0.337 e. The number of hydrogen-bond donors (Lipinski definition) is 1. The van der Waals surface area contributed by atoms with Gasteiger partial charge >= 0.3 is 0 Å². The van der Waals surface area contributed by atoms with E-state index < -0.39 is 5.54 Å². The molecule has 1 unspecified atom stereocenters. The molecule has 5 heteroatoms. The molecule has 1 aliphatic rings. The van der Waals surface area contributed by atoms with Crippen LogP contribution in [0.3, 0.4) is 0 Å². The van der Waals surface area contributed by atoms with Crippen molar-refractivity contribution < 1.29 is 4.79 Å². The molecule has 1 saturated carbocycles. The largest absolute Gasteiger partial charge is 0.337 e. The molecule has 0 bridgehead atoms. The van der Waals surface area contributed by atoms with Crippen LogP contribution in [0.1, 0.15) is 19.8 Å². The Morgan fingerprint density at radius 1 is 1.58 bits per heavy atom. The summed E-state index contributed by atoms with van der Waals surface area (Å²) in [7, 11) is 0. The van der Waals surface area contributed by atoms with Crippen molar-refractivity contribution >= 4 is 33.6 Å². The summed E-state index contributed by atoms with van der Waals surface area (Å²) in [6, 6.07) is 10.0. The lowest BCUT2D eigenvalue weighted by atomic mass is 9.98. The fourth-order valence-corrected chi connectivity index (χ4v) is 3.28. The van der Waals surface area contributed by atoms with E-state index in [1.165, 1.54) is 11.8 Å². The standard InChI is InChI=1S/C14H15BrN2OS/c1-14(9-16,10-6-7-10)17-13(18)8-19-12-5-3-2-4-11(12)15/h2-5,10H,6-8H2,1H3,(H,17,18). The number of carbonyl (C=O) groups excluding carboxylic acids is 1. The van der Waals surface area contributed by atoms with Crippen molar-refractivity contribution in [2.24, 2.45) is 5.92 Å². The molecule has 1 atom stereocenters. The first kappa shape index (κ1) is 14.4. The molecular formula is C14H15BrN2OS. The van der Waals surface area contributed by atoms with Gasteiger partial charge in [-0.1, -0.05) is 12.1 Å². The third-order valence-electron chi connectivity index (χ3n) is 3.22. The molecule has 3 nitrogen and oxygen atoms in total. The van der Waals surface area contributed by atoms with Gasteiger partial charge in [-0.15, -0.1) is 11.8 Å².